The van der Waals surface area contributed by atoms with Crippen molar-refractivity contribution in [3.8, 4) is 5.75 Å². The Labute approximate surface area is 137 Å². The molecule has 122 valence electrons. The van der Waals surface area contributed by atoms with Gasteiger partial charge in [-0.15, -0.1) is 12.4 Å². The molecule has 0 aromatic heterocycles. The smallest absolute Gasteiger partial charge is 0.250 e. The van der Waals surface area contributed by atoms with Gasteiger partial charge in [-0.2, -0.15) is 0 Å². The van der Waals surface area contributed by atoms with Crippen LogP contribution in [0.2, 0.25) is 0 Å². The van der Waals surface area contributed by atoms with E-state index in [1.165, 1.54) is 12.8 Å². The molecule has 1 saturated heterocycles. The van der Waals surface area contributed by atoms with Crippen molar-refractivity contribution in [2.45, 2.75) is 25.5 Å². The van der Waals surface area contributed by atoms with Crippen LogP contribution in [0.4, 0.5) is 0 Å². The number of morpholine rings is 1. The molecule has 6 heteroatoms. The maximum absolute atomic E-state index is 12.0. The molecule has 1 atom stereocenters. The number of carbonyl (C=O) groups excluding carboxylic acids is 1. The van der Waals surface area contributed by atoms with Crippen LogP contribution in [-0.4, -0.2) is 38.3 Å². The van der Waals surface area contributed by atoms with Gasteiger partial charge in [0.05, 0.1) is 13.2 Å². The average Bonchev–Trinajstić information content (AvgIpc) is 3.36. The van der Waals surface area contributed by atoms with Crippen molar-refractivity contribution in [1.29, 1.82) is 0 Å². The Morgan fingerprint density at radius 1 is 1.36 bits per heavy atom. The number of amides is 1. The lowest BCUT2D eigenvalue weighted by atomic mass is 10.2. The van der Waals surface area contributed by atoms with Crippen LogP contribution in [0.5, 0.6) is 5.75 Å². The molecule has 2 fully saturated rings. The van der Waals surface area contributed by atoms with Gasteiger partial charge < -0.3 is 20.1 Å². The van der Waals surface area contributed by atoms with Crippen LogP contribution < -0.4 is 15.4 Å². The second-order valence-corrected chi connectivity index (χ2v) is 5.64. The SMILES string of the molecule is Cl.O=C(NCc1ccccc1OCC1CC1)C1CNCCO1. The highest BCUT2D eigenvalue weighted by Crippen LogP contribution is 2.30. The van der Waals surface area contributed by atoms with E-state index in [-0.39, 0.29) is 18.3 Å². The predicted molar refractivity (Wildman–Crippen MR) is 86.4 cm³/mol. The fourth-order valence-electron chi connectivity index (χ4n) is 2.31. The molecule has 1 heterocycles. The Morgan fingerprint density at radius 3 is 2.91 bits per heavy atom. The zero-order valence-electron chi connectivity index (χ0n) is 12.5. The lowest BCUT2D eigenvalue weighted by molar-refractivity contribution is -0.134. The third-order valence-electron chi connectivity index (χ3n) is 3.82. The molecular weight excluding hydrogens is 304 g/mol. The molecule has 1 amide bonds. The van der Waals surface area contributed by atoms with E-state index in [1.54, 1.807) is 0 Å². The molecule has 5 nitrogen and oxygen atoms in total. The van der Waals surface area contributed by atoms with Gasteiger partial charge >= 0.3 is 0 Å². The van der Waals surface area contributed by atoms with Crippen molar-refractivity contribution in [1.82, 2.24) is 10.6 Å². The third kappa shape index (κ3) is 4.87. The first-order chi connectivity index (χ1) is 10.3. The van der Waals surface area contributed by atoms with Crippen molar-refractivity contribution in [3.05, 3.63) is 29.8 Å². The van der Waals surface area contributed by atoms with Gasteiger partial charge in [0, 0.05) is 25.2 Å². The largest absolute Gasteiger partial charge is 0.493 e. The van der Waals surface area contributed by atoms with Crippen LogP contribution in [-0.2, 0) is 16.1 Å². The molecule has 22 heavy (non-hydrogen) atoms. The summed E-state index contributed by atoms with van der Waals surface area (Å²) in [5, 5.41) is 6.08. The summed E-state index contributed by atoms with van der Waals surface area (Å²) in [5.74, 6) is 1.51. The minimum absolute atomic E-state index is 0. The number of benzene rings is 1. The number of hydrogen-bond donors (Lipinski definition) is 2. The molecule has 1 unspecified atom stereocenters. The lowest BCUT2D eigenvalue weighted by Crippen LogP contribution is -2.47. The van der Waals surface area contributed by atoms with Gasteiger partial charge in [0.25, 0.3) is 5.91 Å². The van der Waals surface area contributed by atoms with E-state index < -0.39 is 6.10 Å². The van der Waals surface area contributed by atoms with Crippen molar-refractivity contribution in [2.75, 3.05) is 26.3 Å². The molecule has 0 spiro atoms. The van der Waals surface area contributed by atoms with E-state index >= 15 is 0 Å². The number of nitrogens with one attached hydrogen (secondary N) is 2. The van der Waals surface area contributed by atoms with E-state index in [0.717, 1.165) is 30.4 Å². The van der Waals surface area contributed by atoms with Crippen molar-refractivity contribution in [3.63, 3.8) is 0 Å². The van der Waals surface area contributed by atoms with Gasteiger partial charge in [0.15, 0.2) is 0 Å². The number of hydrogen-bond acceptors (Lipinski definition) is 4. The van der Waals surface area contributed by atoms with Gasteiger partial charge in [-0.05, 0) is 24.8 Å². The molecule has 0 bridgehead atoms. The van der Waals surface area contributed by atoms with E-state index in [1.807, 2.05) is 24.3 Å². The van der Waals surface area contributed by atoms with E-state index in [2.05, 4.69) is 10.6 Å². The van der Waals surface area contributed by atoms with Crippen molar-refractivity contribution < 1.29 is 14.3 Å². The summed E-state index contributed by atoms with van der Waals surface area (Å²) in [4.78, 5) is 12.0. The molecule has 2 aliphatic rings. The zero-order chi connectivity index (χ0) is 14.5. The molecule has 1 aliphatic carbocycles. The van der Waals surface area contributed by atoms with Crippen LogP contribution in [0.1, 0.15) is 18.4 Å². The fourth-order valence-corrected chi connectivity index (χ4v) is 2.31. The summed E-state index contributed by atoms with van der Waals surface area (Å²) < 4.78 is 11.3. The second kappa shape index (κ2) is 8.36. The van der Waals surface area contributed by atoms with Gasteiger partial charge in [0.2, 0.25) is 0 Å². The monoisotopic (exact) mass is 326 g/mol. The summed E-state index contributed by atoms with van der Waals surface area (Å²) in [6, 6.07) is 7.87. The Morgan fingerprint density at radius 2 is 2.18 bits per heavy atom. The highest BCUT2D eigenvalue weighted by atomic mass is 35.5. The van der Waals surface area contributed by atoms with Crippen LogP contribution in [0.25, 0.3) is 0 Å². The van der Waals surface area contributed by atoms with Gasteiger partial charge in [-0.3, -0.25) is 4.79 Å². The van der Waals surface area contributed by atoms with Crippen molar-refractivity contribution >= 4 is 18.3 Å². The lowest BCUT2D eigenvalue weighted by Gasteiger charge is -2.23. The Hall–Kier alpha value is -1.30. The number of carbonyl (C=O) groups is 1. The second-order valence-electron chi connectivity index (χ2n) is 5.64. The third-order valence-corrected chi connectivity index (χ3v) is 3.82. The number of para-hydroxylation sites is 1. The highest BCUT2D eigenvalue weighted by molar-refractivity contribution is 5.85. The quantitative estimate of drug-likeness (QED) is 0.832. The number of ether oxygens (including phenoxy) is 2. The highest BCUT2D eigenvalue weighted by Gasteiger charge is 2.23. The fraction of sp³-hybridized carbons (Fsp3) is 0.562. The molecule has 1 aromatic rings. The minimum atomic E-state index is -0.390. The molecule has 1 saturated carbocycles. The molecular formula is C16H23ClN2O3. The summed E-state index contributed by atoms with van der Waals surface area (Å²) in [7, 11) is 0. The maximum Gasteiger partial charge on any atom is 0.250 e. The standard InChI is InChI=1S/C16H22N2O3.ClH/c19-16(15-10-17-7-8-20-15)18-9-13-3-1-2-4-14(13)21-11-12-5-6-12;/h1-4,12,15,17H,5-11H2,(H,18,19);1H. The van der Waals surface area contributed by atoms with E-state index in [9.17, 15) is 4.79 Å². The van der Waals surface area contributed by atoms with Crippen molar-refractivity contribution in [2.24, 2.45) is 5.92 Å². The summed E-state index contributed by atoms with van der Waals surface area (Å²) >= 11 is 0. The van der Waals surface area contributed by atoms with E-state index in [0.29, 0.717) is 19.7 Å². The first-order valence-electron chi connectivity index (χ1n) is 7.63. The van der Waals surface area contributed by atoms with E-state index in [4.69, 9.17) is 9.47 Å². The first kappa shape index (κ1) is 17.1. The Bertz CT molecular complexity index is 488. The molecule has 0 radical (unpaired) electrons. The molecule has 1 aromatic carbocycles. The number of halogens is 1. The van der Waals surface area contributed by atoms with Crippen LogP contribution in [0.3, 0.4) is 0 Å². The van der Waals surface area contributed by atoms with Crippen LogP contribution in [0.15, 0.2) is 24.3 Å². The normalized spacial score (nSPS) is 20.8. The summed E-state index contributed by atoms with van der Waals surface area (Å²) in [6.07, 6.45) is 2.15. The van der Waals surface area contributed by atoms with Gasteiger partial charge in [-0.25, -0.2) is 0 Å². The summed E-state index contributed by atoms with van der Waals surface area (Å²) in [5.41, 5.74) is 1.01. The molecule has 2 N–H and O–H groups in total. The van der Waals surface area contributed by atoms with Crippen LogP contribution >= 0.6 is 12.4 Å². The van der Waals surface area contributed by atoms with Gasteiger partial charge in [-0.1, -0.05) is 18.2 Å². The van der Waals surface area contributed by atoms with Crippen LogP contribution in [0, 0.1) is 5.92 Å². The molecule has 3 rings (SSSR count). The topological polar surface area (TPSA) is 59.6 Å². The van der Waals surface area contributed by atoms with Gasteiger partial charge in [0.1, 0.15) is 11.9 Å². The minimum Gasteiger partial charge on any atom is -0.493 e. The first-order valence-corrected chi connectivity index (χ1v) is 7.63. The Kier molecular flexibility index (Phi) is 6.49. The Balaban J connectivity index is 0.00000176. The average molecular weight is 327 g/mol. The summed E-state index contributed by atoms with van der Waals surface area (Å²) in [6.45, 7) is 3.21. The molecule has 1 aliphatic heterocycles. The zero-order valence-corrected chi connectivity index (χ0v) is 13.4. The predicted octanol–water partition coefficient (Wildman–Crippen LogP) is 1.50. The maximum atomic E-state index is 12.0. The number of rotatable bonds is 6.